The Bertz CT molecular complexity index is 1470. The van der Waals surface area contributed by atoms with Gasteiger partial charge in [-0.2, -0.15) is 0 Å². The number of hydrogen-bond donors (Lipinski definition) is 3. The number of rotatable bonds is 10. The van der Waals surface area contributed by atoms with Crippen LogP contribution in [0, 0.1) is 6.92 Å². The molecule has 2 aromatic heterocycles. The van der Waals surface area contributed by atoms with Crippen LogP contribution in [0.4, 0.5) is 0 Å². The lowest BCUT2D eigenvalue weighted by molar-refractivity contribution is 0.188. The number of nitrogens with zero attached hydrogens (tertiary/aromatic N) is 4. The van der Waals surface area contributed by atoms with Gasteiger partial charge in [0.15, 0.2) is 0 Å². The van der Waals surface area contributed by atoms with Crippen LogP contribution in [0.1, 0.15) is 53.9 Å². The number of imidazole rings is 2. The number of aliphatic imine (C=N–C) groups is 1. The zero-order chi connectivity index (χ0) is 26.6. The Morgan fingerprint density at radius 2 is 1.77 bits per heavy atom. The summed E-state index contributed by atoms with van der Waals surface area (Å²) >= 11 is 0. The fraction of sp³-hybridized carbons (Fsp3) is 0.344. The lowest BCUT2D eigenvalue weighted by Gasteiger charge is -2.34. The summed E-state index contributed by atoms with van der Waals surface area (Å²) in [5, 5.41) is 3.55. The molecule has 2 aliphatic rings. The molecule has 0 saturated carbocycles. The van der Waals surface area contributed by atoms with Crippen molar-refractivity contribution in [1.82, 2.24) is 30.2 Å². The minimum absolute atomic E-state index is 0.310. The summed E-state index contributed by atoms with van der Waals surface area (Å²) in [6.07, 6.45) is 11.7. The van der Waals surface area contributed by atoms with E-state index in [0.29, 0.717) is 12.1 Å². The van der Waals surface area contributed by atoms with Crippen molar-refractivity contribution in [3.63, 3.8) is 0 Å². The smallest absolute Gasteiger partial charge is 0.121 e. The third-order valence-corrected chi connectivity index (χ3v) is 7.81. The summed E-state index contributed by atoms with van der Waals surface area (Å²) in [7, 11) is 0. The van der Waals surface area contributed by atoms with Crippen LogP contribution in [0.3, 0.4) is 0 Å². The first-order valence-electron chi connectivity index (χ1n) is 14.1. The standard InChI is InChI=1S/C32H37N7/c1-3-31-35-22(2)30(38-31)19-33-18-23-10-12-24(13-11-23)20-39(21-32-36-28-8-4-5-9-29(28)37-32)26-14-15-27-25(17-26)7-6-16-34-27/h4-13,16-17,26-27,33H,3,14-15,18-21H2,1-2H3,(H,35,38)(H,36,37). The predicted octanol–water partition coefficient (Wildman–Crippen LogP) is 5.55. The average molecular weight is 520 g/mol. The molecule has 2 unspecified atom stereocenters. The van der Waals surface area contributed by atoms with Crippen molar-refractivity contribution >= 4 is 17.2 Å². The SMILES string of the molecule is CCc1nc(CNCc2ccc(CN(Cc3nc4ccccc4[nH]3)C3C=C4C=CC=NC4CC3)cc2)c(C)[nH]1. The largest absolute Gasteiger partial charge is 0.346 e. The van der Waals surface area contributed by atoms with Crippen LogP contribution in [0.15, 0.2) is 77.3 Å². The Labute approximate surface area is 230 Å². The molecule has 0 amide bonds. The molecule has 6 rings (SSSR count). The molecule has 0 spiro atoms. The number of aryl methyl sites for hydroxylation is 2. The van der Waals surface area contributed by atoms with Gasteiger partial charge in [0.2, 0.25) is 0 Å². The summed E-state index contributed by atoms with van der Waals surface area (Å²) in [5.74, 6) is 2.06. The molecule has 0 fully saturated rings. The van der Waals surface area contributed by atoms with Gasteiger partial charge >= 0.3 is 0 Å². The zero-order valence-electron chi connectivity index (χ0n) is 22.8. The molecule has 3 heterocycles. The topological polar surface area (TPSA) is 85.0 Å². The maximum atomic E-state index is 4.89. The van der Waals surface area contributed by atoms with E-state index in [0.717, 1.165) is 79.5 Å². The number of nitrogens with one attached hydrogen (secondary N) is 3. The molecule has 2 atom stereocenters. The normalized spacial score (nSPS) is 18.6. The highest BCUT2D eigenvalue weighted by molar-refractivity contribution is 5.75. The molecule has 7 heteroatoms. The number of hydrogen-bond acceptors (Lipinski definition) is 5. The highest BCUT2D eigenvalue weighted by Gasteiger charge is 2.27. The Morgan fingerprint density at radius 1 is 0.923 bits per heavy atom. The molecule has 0 bridgehead atoms. The maximum absolute atomic E-state index is 4.89. The number of dihydropyridines is 1. The highest BCUT2D eigenvalue weighted by Crippen LogP contribution is 2.29. The zero-order valence-corrected chi connectivity index (χ0v) is 22.8. The molecule has 39 heavy (non-hydrogen) atoms. The van der Waals surface area contributed by atoms with Crippen molar-refractivity contribution in [3.05, 3.63) is 106 Å². The van der Waals surface area contributed by atoms with Crippen molar-refractivity contribution in [2.24, 2.45) is 4.99 Å². The fourth-order valence-electron chi connectivity index (χ4n) is 5.62. The first-order chi connectivity index (χ1) is 19.1. The van der Waals surface area contributed by atoms with Crippen LogP contribution in [0.25, 0.3) is 11.0 Å². The van der Waals surface area contributed by atoms with Gasteiger partial charge in [-0.05, 0) is 54.7 Å². The maximum Gasteiger partial charge on any atom is 0.121 e. The van der Waals surface area contributed by atoms with E-state index in [9.17, 15) is 0 Å². The van der Waals surface area contributed by atoms with Gasteiger partial charge in [0.1, 0.15) is 11.6 Å². The van der Waals surface area contributed by atoms with E-state index in [2.05, 4.69) is 105 Å². The van der Waals surface area contributed by atoms with Gasteiger partial charge in [0, 0.05) is 44.0 Å². The Hall–Kier alpha value is -3.81. The molecule has 200 valence electrons. The summed E-state index contributed by atoms with van der Waals surface area (Å²) in [6, 6.07) is 17.9. The fourth-order valence-corrected chi connectivity index (χ4v) is 5.62. The van der Waals surface area contributed by atoms with Crippen molar-refractivity contribution in [2.45, 2.75) is 71.4 Å². The second-order valence-corrected chi connectivity index (χ2v) is 10.6. The first kappa shape index (κ1) is 25.5. The number of allylic oxidation sites excluding steroid dienone is 1. The molecule has 4 aromatic rings. The number of aromatic nitrogens is 4. The van der Waals surface area contributed by atoms with E-state index in [4.69, 9.17) is 4.98 Å². The van der Waals surface area contributed by atoms with E-state index < -0.39 is 0 Å². The molecule has 1 aliphatic carbocycles. The molecule has 1 aliphatic heterocycles. The minimum atomic E-state index is 0.310. The molecular weight excluding hydrogens is 482 g/mol. The van der Waals surface area contributed by atoms with Crippen LogP contribution in [0.2, 0.25) is 0 Å². The van der Waals surface area contributed by atoms with E-state index in [1.807, 2.05) is 12.3 Å². The van der Waals surface area contributed by atoms with Crippen LogP contribution >= 0.6 is 0 Å². The molecule has 2 aromatic carbocycles. The monoisotopic (exact) mass is 519 g/mol. The van der Waals surface area contributed by atoms with Crippen molar-refractivity contribution in [3.8, 4) is 0 Å². The first-order valence-corrected chi connectivity index (χ1v) is 14.1. The van der Waals surface area contributed by atoms with Gasteiger partial charge in [0.05, 0.1) is 29.3 Å². The predicted molar refractivity (Wildman–Crippen MR) is 158 cm³/mol. The van der Waals surface area contributed by atoms with Crippen molar-refractivity contribution < 1.29 is 0 Å². The second kappa shape index (κ2) is 11.5. The van der Waals surface area contributed by atoms with Crippen molar-refractivity contribution in [1.29, 1.82) is 0 Å². The van der Waals surface area contributed by atoms with Gasteiger partial charge in [0.25, 0.3) is 0 Å². The summed E-state index contributed by atoms with van der Waals surface area (Å²) in [4.78, 5) is 23.7. The summed E-state index contributed by atoms with van der Waals surface area (Å²) in [5.41, 5.74) is 8.29. The summed E-state index contributed by atoms with van der Waals surface area (Å²) < 4.78 is 0. The molecule has 3 N–H and O–H groups in total. The Morgan fingerprint density at radius 3 is 2.59 bits per heavy atom. The number of H-pyrrole nitrogens is 2. The Kier molecular flexibility index (Phi) is 7.52. The van der Waals surface area contributed by atoms with Gasteiger partial charge in [-0.25, -0.2) is 9.97 Å². The van der Waals surface area contributed by atoms with Gasteiger partial charge in [-0.1, -0.05) is 55.5 Å². The van der Waals surface area contributed by atoms with Gasteiger partial charge < -0.3 is 15.3 Å². The highest BCUT2D eigenvalue weighted by atomic mass is 15.2. The average Bonchev–Trinajstić information content (AvgIpc) is 3.55. The van der Waals surface area contributed by atoms with Gasteiger partial charge in [-0.3, -0.25) is 9.89 Å². The van der Waals surface area contributed by atoms with Gasteiger partial charge in [-0.15, -0.1) is 0 Å². The molecule has 0 saturated heterocycles. The van der Waals surface area contributed by atoms with E-state index in [1.165, 1.54) is 16.7 Å². The quantitative estimate of drug-likeness (QED) is 0.257. The summed E-state index contributed by atoms with van der Waals surface area (Å²) in [6.45, 7) is 7.44. The third kappa shape index (κ3) is 5.95. The molecule has 0 radical (unpaired) electrons. The number of benzene rings is 2. The third-order valence-electron chi connectivity index (χ3n) is 7.81. The number of aromatic amines is 2. The van der Waals surface area contributed by atoms with Crippen LogP contribution in [-0.2, 0) is 32.6 Å². The molecular formula is C32H37N7. The van der Waals surface area contributed by atoms with Crippen LogP contribution < -0.4 is 5.32 Å². The van der Waals surface area contributed by atoms with Crippen LogP contribution in [-0.4, -0.2) is 43.1 Å². The molecule has 7 nitrogen and oxygen atoms in total. The number of para-hydroxylation sites is 2. The Balaban J connectivity index is 1.15. The lowest BCUT2D eigenvalue weighted by atomic mass is 9.89. The van der Waals surface area contributed by atoms with E-state index in [-0.39, 0.29) is 0 Å². The minimum Gasteiger partial charge on any atom is -0.346 e. The van der Waals surface area contributed by atoms with Crippen molar-refractivity contribution in [2.75, 3.05) is 0 Å². The lowest BCUT2D eigenvalue weighted by Crippen LogP contribution is -2.37. The number of fused-ring (bicyclic) bond motifs is 2. The van der Waals surface area contributed by atoms with E-state index >= 15 is 0 Å². The van der Waals surface area contributed by atoms with E-state index in [1.54, 1.807) is 0 Å². The van der Waals surface area contributed by atoms with Crippen LogP contribution in [0.5, 0.6) is 0 Å². The second-order valence-electron chi connectivity index (χ2n) is 10.6.